The molecular weight excluding hydrogens is 246 g/mol. The van der Waals surface area contributed by atoms with Crippen molar-refractivity contribution < 1.29 is 13.6 Å². The lowest BCUT2D eigenvalue weighted by molar-refractivity contribution is -0.126. The van der Waals surface area contributed by atoms with Gasteiger partial charge in [0.15, 0.2) is 0 Å². The van der Waals surface area contributed by atoms with Crippen LogP contribution in [0.2, 0.25) is 0 Å². The minimum absolute atomic E-state index is 0.0409. The van der Waals surface area contributed by atoms with Gasteiger partial charge in [-0.15, -0.1) is 11.8 Å². The molecule has 0 saturated carbocycles. The number of hydrogen-bond acceptors (Lipinski definition) is 3. The van der Waals surface area contributed by atoms with Crippen LogP contribution >= 0.6 is 11.8 Å². The fraction of sp³-hybridized carbons (Fsp3) is 0.364. The number of benzene rings is 1. The summed E-state index contributed by atoms with van der Waals surface area (Å²) in [4.78, 5) is 13.1. The summed E-state index contributed by atoms with van der Waals surface area (Å²) in [6, 6.07) is 2.13. The molecule has 1 aliphatic heterocycles. The van der Waals surface area contributed by atoms with Gasteiger partial charge in [-0.05, 0) is 18.6 Å². The molecule has 92 valence electrons. The number of halogens is 2. The number of thioether (sulfide) groups is 1. The molecule has 1 heterocycles. The molecule has 1 aromatic rings. The average molecular weight is 258 g/mol. The Morgan fingerprint density at radius 3 is 2.47 bits per heavy atom. The number of likely N-dealkylation sites (tertiary alicyclic amines) is 1. The van der Waals surface area contributed by atoms with E-state index in [-0.39, 0.29) is 16.5 Å². The lowest BCUT2D eigenvalue weighted by Crippen LogP contribution is -2.23. The van der Waals surface area contributed by atoms with Gasteiger partial charge in [-0.3, -0.25) is 4.79 Å². The highest BCUT2D eigenvalue weighted by atomic mass is 32.2. The Labute approximate surface area is 102 Å². The van der Waals surface area contributed by atoms with Crippen molar-refractivity contribution >= 4 is 23.4 Å². The Morgan fingerprint density at radius 1 is 1.41 bits per heavy atom. The van der Waals surface area contributed by atoms with E-state index < -0.39 is 16.9 Å². The Bertz CT molecular complexity index is 444. The van der Waals surface area contributed by atoms with E-state index in [4.69, 9.17) is 5.73 Å². The fourth-order valence-electron chi connectivity index (χ4n) is 1.73. The van der Waals surface area contributed by atoms with Gasteiger partial charge in [0.05, 0.1) is 10.1 Å². The van der Waals surface area contributed by atoms with Crippen LogP contribution in [0.4, 0.5) is 14.5 Å². The molecule has 1 unspecified atom stereocenters. The molecule has 0 spiro atoms. The monoisotopic (exact) mass is 258 g/mol. The van der Waals surface area contributed by atoms with Gasteiger partial charge in [0.1, 0.15) is 11.6 Å². The van der Waals surface area contributed by atoms with Crippen LogP contribution in [0.15, 0.2) is 17.0 Å². The Balaban J connectivity index is 2.22. The Morgan fingerprint density at radius 2 is 2.00 bits per heavy atom. The second-order valence-corrected chi connectivity index (χ2v) is 5.18. The normalized spacial score (nSPS) is 20.1. The molecule has 1 saturated heterocycles. The van der Waals surface area contributed by atoms with E-state index in [2.05, 4.69) is 0 Å². The maximum Gasteiger partial charge on any atom is 0.235 e. The number of nitrogen functional groups attached to an aromatic ring is 1. The van der Waals surface area contributed by atoms with Gasteiger partial charge in [0.25, 0.3) is 0 Å². The maximum atomic E-state index is 13.5. The summed E-state index contributed by atoms with van der Waals surface area (Å²) in [7, 11) is 1.68. The number of amides is 1. The molecule has 6 heteroatoms. The summed E-state index contributed by atoms with van der Waals surface area (Å²) >= 11 is 0.928. The molecule has 1 fully saturated rings. The van der Waals surface area contributed by atoms with E-state index in [1.165, 1.54) is 0 Å². The number of carbonyl (C=O) groups is 1. The standard InChI is InChI=1S/C11H12F2N2OS/c1-15-3-2-9(11(15)16)17-10-7(12)4-6(14)5-8(10)13/h4-5,9H,2-3,14H2,1H3. The number of anilines is 1. The summed E-state index contributed by atoms with van der Waals surface area (Å²) in [6.07, 6.45) is 0.600. The molecule has 0 radical (unpaired) electrons. The summed E-state index contributed by atoms with van der Waals surface area (Å²) in [5.74, 6) is -1.52. The van der Waals surface area contributed by atoms with E-state index in [1.54, 1.807) is 11.9 Å². The molecule has 1 aromatic carbocycles. The lowest BCUT2D eigenvalue weighted by atomic mass is 10.3. The first-order chi connectivity index (χ1) is 7.99. The van der Waals surface area contributed by atoms with E-state index in [0.717, 1.165) is 23.9 Å². The first-order valence-corrected chi connectivity index (χ1v) is 6.03. The SMILES string of the molecule is CN1CCC(Sc2c(F)cc(N)cc2F)C1=O. The molecule has 0 bridgehead atoms. The third kappa shape index (κ3) is 2.36. The zero-order chi connectivity index (χ0) is 12.6. The van der Waals surface area contributed by atoms with Crippen molar-refractivity contribution in [2.24, 2.45) is 0 Å². The first-order valence-electron chi connectivity index (χ1n) is 5.15. The number of nitrogens with two attached hydrogens (primary N) is 1. The highest BCUT2D eigenvalue weighted by molar-refractivity contribution is 8.00. The van der Waals surface area contributed by atoms with Gasteiger partial charge in [-0.2, -0.15) is 0 Å². The van der Waals surface area contributed by atoms with Crippen LogP contribution in [0.3, 0.4) is 0 Å². The van der Waals surface area contributed by atoms with Crippen molar-refractivity contribution in [3.8, 4) is 0 Å². The predicted octanol–water partition coefficient (Wildman–Crippen LogP) is 1.87. The minimum atomic E-state index is -0.713. The molecule has 1 aliphatic rings. The summed E-state index contributed by atoms with van der Waals surface area (Å²) < 4.78 is 27.0. The zero-order valence-corrected chi connectivity index (χ0v) is 10.1. The molecule has 1 amide bonds. The highest BCUT2D eigenvalue weighted by Crippen LogP contribution is 2.34. The highest BCUT2D eigenvalue weighted by Gasteiger charge is 2.31. The van der Waals surface area contributed by atoms with Gasteiger partial charge in [0, 0.05) is 19.3 Å². The number of rotatable bonds is 2. The van der Waals surface area contributed by atoms with Crippen LogP contribution in [-0.2, 0) is 4.79 Å². The smallest absolute Gasteiger partial charge is 0.235 e. The molecular formula is C11H12F2N2OS. The largest absolute Gasteiger partial charge is 0.399 e. The second kappa shape index (κ2) is 4.52. The van der Waals surface area contributed by atoms with Crippen molar-refractivity contribution in [1.82, 2.24) is 4.90 Å². The number of nitrogens with zero attached hydrogens (tertiary/aromatic N) is 1. The number of hydrogen-bond donors (Lipinski definition) is 1. The van der Waals surface area contributed by atoms with E-state index >= 15 is 0 Å². The van der Waals surface area contributed by atoms with Crippen LogP contribution in [0, 0.1) is 11.6 Å². The summed E-state index contributed by atoms with van der Waals surface area (Å²) in [5, 5.41) is -0.410. The van der Waals surface area contributed by atoms with Gasteiger partial charge >= 0.3 is 0 Å². The molecule has 1 atom stereocenters. The quantitative estimate of drug-likeness (QED) is 0.824. The van der Waals surface area contributed by atoms with Crippen molar-refractivity contribution in [1.29, 1.82) is 0 Å². The van der Waals surface area contributed by atoms with Crippen LogP contribution < -0.4 is 5.73 Å². The first kappa shape index (κ1) is 12.2. The van der Waals surface area contributed by atoms with Gasteiger partial charge in [-0.25, -0.2) is 8.78 Å². The molecule has 2 rings (SSSR count). The van der Waals surface area contributed by atoms with Crippen molar-refractivity contribution in [2.75, 3.05) is 19.3 Å². The molecule has 0 aromatic heterocycles. The molecule has 2 N–H and O–H groups in total. The van der Waals surface area contributed by atoms with Crippen LogP contribution in [-0.4, -0.2) is 29.6 Å². The van der Waals surface area contributed by atoms with Crippen LogP contribution in [0.1, 0.15) is 6.42 Å². The van der Waals surface area contributed by atoms with Crippen molar-refractivity contribution in [3.05, 3.63) is 23.8 Å². The van der Waals surface area contributed by atoms with Gasteiger partial charge < -0.3 is 10.6 Å². The second-order valence-electron chi connectivity index (χ2n) is 3.97. The molecule has 0 aliphatic carbocycles. The summed E-state index contributed by atoms with van der Waals surface area (Å²) in [5.41, 5.74) is 5.36. The maximum absolute atomic E-state index is 13.5. The summed E-state index contributed by atoms with van der Waals surface area (Å²) in [6.45, 7) is 0.620. The average Bonchev–Trinajstić information content (AvgIpc) is 2.54. The van der Waals surface area contributed by atoms with Crippen LogP contribution in [0.5, 0.6) is 0 Å². The molecule has 3 nitrogen and oxygen atoms in total. The predicted molar refractivity (Wildman–Crippen MR) is 62.7 cm³/mol. The Kier molecular flexibility index (Phi) is 3.24. The minimum Gasteiger partial charge on any atom is -0.399 e. The fourth-order valence-corrected chi connectivity index (χ4v) is 2.87. The topological polar surface area (TPSA) is 46.3 Å². The van der Waals surface area contributed by atoms with Crippen molar-refractivity contribution in [2.45, 2.75) is 16.6 Å². The van der Waals surface area contributed by atoms with Crippen LogP contribution in [0.25, 0.3) is 0 Å². The van der Waals surface area contributed by atoms with E-state index in [9.17, 15) is 13.6 Å². The molecule has 17 heavy (non-hydrogen) atoms. The van der Waals surface area contributed by atoms with Gasteiger partial charge in [0.2, 0.25) is 5.91 Å². The Hall–Kier alpha value is -1.30. The third-order valence-corrected chi connectivity index (χ3v) is 4.01. The lowest BCUT2D eigenvalue weighted by Gasteiger charge is -2.11. The third-order valence-electron chi connectivity index (χ3n) is 2.66. The van der Waals surface area contributed by atoms with Gasteiger partial charge in [-0.1, -0.05) is 0 Å². The van der Waals surface area contributed by atoms with E-state index in [1.807, 2.05) is 0 Å². The van der Waals surface area contributed by atoms with E-state index in [0.29, 0.717) is 13.0 Å². The zero-order valence-electron chi connectivity index (χ0n) is 9.24. The van der Waals surface area contributed by atoms with Crippen molar-refractivity contribution in [3.63, 3.8) is 0 Å². The number of carbonyl (C=O) groups excluding carboxylic acids is 1.